The topological polar surface area (TPSA) is 76.7 Å². The maximum Gasteiger partial charge on any atom is 0.417 e. The molecular formula is C14H12F3N3O. The van der Waals surface area contributed by atoms with E-state index in [1.54, 1.807) is 13.0 Å². The summed E-state index contributed by atoms with van der Waals surface area (Å²) in [6, 6.07) is 6.13. The number of benzene rings is 1. The predicted molar refractivity (Wildman–Crippen MR) is 68.8 cm³/mol. The highest BCUT2D eigenvalue weighted by Gasteiger charge is 2.34. The maximum absolute atomic E-state index is 12.8. The lowest BCUT2D eigenvalue weighted by molar-refractivity contribution is -0.137. The van der Waals surface area contributed by atoms with E-state index >= 15 is 0 Å². The summed E-state index contributed by atoms with van der Waals surface area (Å²) in [5, 5.41) is 19.8. The molecule has 1 amide bonds. The molecule has 0 aromatic heterocycles. The van der Waals surface area contributed by atoms with Gasteiger partial charge in [0.15, 0.2) is 0 Å². The molecule has 0 spiro atoms. The molecule has 0 fully saturated rings. The fraction of sp³-hybridized carbons (Fsp3) is 0.357. The average Bonchev–Trinajstić information content (AvgIpc) is 2.43. The number of alkyl halides is 3. The van der Waals surface area contributed by atoms with E-state index in [0.717, 1.165) is 6.07 Å². The van der Waals surface area contributed by atoms with E-state index in [1.807, 2.05) is 0 Å². The van der Waals surface area contributed by atoms with Gasteiger partial charge in [-0.15, -0.1) is 0 Å². The van der Waals surface area contributed by atoms with Crippen molar-refractivity contribution in [3.63, 3.8) is 0 Å². The van der Waals surface area contributed by atoms with Crippen LogP contribution in [0.15, 0.2) is 18.2 Å². The quantitative estimate of drug-likeness (QED) is 0.924. The fourth-order valence-corrected chi connectivity index (χ4v) is 1.73. The molecule has 21 heavy (non-hydrogen) atoms. The van der Waals surface area contributed by atoms with Gasteiger partial charge in [-0.2, -0.15) is 23.7 Å². The van der Waals surface area contributed by atoms with Crippen molar-refractivity contribution in [1.82, 2.24) is 0 Å². The van der Waals surface area contributed by atoms with Gasteiger partial charge in [0.2, 0.25) is 5.91 Å². The first kappa shape index (κ1) is 16.5. The Bertz CT molecular complexity index is 611. The van der Waals surface area contributed by atoms with Crippen molar-refractivity contribution in [2.24, 2.45) is 5.92 Å². The number of hydrogen-bond donors (Lipinski definition) is 1. The van der Waals surface area contributed by atoms with Crippen molar-refractivity contribution in [2.75, 3.05) is 5.32 Å². The number of halogens is 3. The second-order valence-corrected chi connectivity index (χ2v) is 4.33. The summed E-state index contributed by atoms with van der Waals surface area (Å²) >= 11 is 0. The van der Waals surface area contributed by atoms with Crippen LogP contribution in [0.5, 0.6) is 0 Å². The molecule has 4 nitrogen and oxygen atoms in total. The van der Waals surface area contributed by atoms with Crippen LogP contribution in [0.4, 0.5) is 18.9 Å². The third kappa shape index (κ3) is 4.22. The summed E-state index contributed by atoms with van der Waals surface area (Å²) in [6.07, 6.45) is -3.76. The Morgan fingerprint density at radius 2 is 2.05 bits per heavy atom. The first-order valence-electron chi connectivity index (χ1n) is 6.15. The third-order valence-electron chi connectivity index (χ3n) is 2.76. The van der Waals surface area contributed by atoms with Gasteiger partial charge in [-0.05, 0) is 24.6 Å². The molecule has 0 aliphatic carbocycles. The van der Waals surface area contributed by atoms with E-state index in [0.29, 0.717) is 18.9 Å². The largest absolute Gasteiger partial charge is 0.417 e. The van der Waals surface area contributed by atoms with Crippen LogP contribution in [0, 0.1) is 28.6 Å². The summed E-state index contributed by atoms with van der Waals surface area (Å²) in [5.74, 6) is -1.57. The summed E-state index contributed by atoms with van der Waals surface area (Å²) in [7, 11) is 0. The summed E-state index contributed by atoms with van der Waals surface area (Å²) in [5.41, 5.74) is -1.74. The molecule has 1 rings (SSSR count). The summed E-state index contributed by atoms with van der Waals surface area (Å²) < 4.78 is 38.3. The smallest absolute Gasteiger partial charge is 0.325 e. The zero-order chi connectivity index (χ0) is 16.0. The van der Waals surface area contributed by atoms with Crippen LogP contribution in [0.3, 0.4) is 0 Å². The lowest BCUT2D eigenvalue weighted by atomic mass is 10.0. The van der Waals surface area contributed by atoms with Gasteiger partial charge in [0.1, 0.15) is 5.92 Å². The number of carbonyl (C=O) groups excluding carboxylic acids is 1. The monoisotopic (exact) mass is 295 g/mol. The van der Waals surface area contributed by atoms with Gasteiger partial charge in [-0.3, -0.25) is 4.79 Å². The summed E-state index contributed by atoms with van der Waals surface area (Å²) in [6.45, 7) is 1.79. The molecule has 1 aromatic carbocycles. The number of anilines is 1. The average molecular weight is 295 g/mol. The van der Waals surface area contributed by atoms with E-state index in [2.05, 4.69) is 5.32 Å². The highest BCUT2D eigenvalue weighted by atomic mass is 19.4. The Labute approximate surface area is 119 Å². The second-order valence-electron chi connectivity index (χ2n) is 4.33. The van der Waals surface area contributed by atoms with Crippen LogP contribution < -0.4 is 5.32 Å². The van der Waals surface area contributed by atoms with Gasteiger partial charge in [0, 0.05) is 5.69 Å². The molecule has 0 radical (unpaired) electrons. The van der Waals surface area contributed by atoms with Crippen molar-refractivity contribution >= 4 is 11.6 Å². The zero-order valence-electron chi connectivity index (χ0n) is 11.2. The van der Waals surface area contributed by atoms with Crippen LogP contribution >= 0.6 is 0 Å². The van der Waals surface area contributed by atoms with Crippen molar-refractivity contribution in [3.8, 4) is 12.1 Å². The van der Waals surface area contributed by atoms with Crippen LogP contribution in [-0.4, -0.2) is 5.91 Å². The first-order chi connectivity index (χ1) is 9.83. The Morgan fingerprint density at radius 1 is 1.38 bits per heavy atom. The molecule has 0 heterocycles. The summed E-state index contributed by atoms with van der Waals surface area (Å²) in [4.78, 5) is 11.8. The molecule has 1 N–H and O–H groups in total. The minimum Gasteiger partial charge on any atom is -0.325 e. The molecule has 1 unspecified atom stereocenters. The molecule has 7 heteroatoms. The van der Waals surface area contributed by atoms with Gasteiger partial charge < -0.3 is 5.32 Å². The molecule has 1 atom stereocenters. The van der Waals surface area contributed by atoms with E-state index in [9.17, 15) is 18.0 Å². The normalized spacial score (nSPS) is 12.1. The number of nitriles is 2. The Morgan fingerprint density at radius 3 is 2.52 bits per heavy atom. The molecule has 0 bridgehead atoms. The highest BCUT2D eigenvalue weighted by molar-refractivity contribution is 5.94. The predicted octanol–water partition coefficient (Wildman–Crippen LogP) is 3.46. The number of nitrogens with zero attached hydrogens (tertiary/aromatic N) is 2. The lowest BCUT2D eigenvalue weighted by Gasteiger charge is -2.13. The van der Waals surface area contributed by atoms with Crippen molar-refractivity contribution in [1.29, 1.82) is 10.5 Å². The lowest BCUT2D eigenvalue weighted by Crippen LogP contribution is -2.22. The van der Waals surface area contributed by atoms with Crippen molar-refractivity contribution < 1.29 is 18.0 Å². The highest BCUT2D eigenvalue weighted by Crippen LogP contribution is 2.33. The second kappa shape index (κ2) is 6.76. The number of amides is 1. The van der Waals surface area contributed by atoms with Gasteiger partial charge in [-0.1, -0.05) is 13.3 Å². The van der Waals surface area contributed by atoms with E-state index in [-0.39, 0.29) is 5.69 Å². The van der Waals surface area contributed by atoms with Gasteiger partial charge in [0.05, 0.1) is 23.3 Å². The van der Waals surface area contributed by atoms with Gasteiger partial charge in [-0.25, -0.2) is 0 Å². The molecule has 0 aliphatic rings. The van der Waals surface area contributed by atoms with Crippen LogP contribution in [-0.2, 0) is 11.0 Å². The van der Waals surface area contributed by atoms with Crippen LogP contribution in [0.25, 0.3) is 0 Å². The van der Waals surface area contributed by atoms with Crippen molar-refractivity contribution in [2.45, 2.75) is 25.9 Å². The number of nitrogens with one attached hydrogen (secondary N) is 1. The molecule has 1 aromatic rings. The molecule has 0 saturated carbocycles. The van der Waals surface area contributed by atoms with Gasteiger partial charge >= 0.3 is 6.18 Å². The number of carbonyl (C=O) groups is 1. The van der Waals surface area contributed by atoms with Crippen LogP contribution in [0.2, 0.25) is 0 Å². The molecular weight excluding hydrogens is 283 g/mol. The van der Waals surface area contributed by atoms with Crippen LogP contribution in [0.1, 0.15) is 30.9 Å². The van der Waals surface area contributed by atoms with E-state index in [4.69, 9.17) is 10.5 Å². The van der Waals surface area contributed by atoms with E-state index < -0.39 is 29.1 Å². The first-order valence-corrected chi connectivity index (χ1v) is 6.15. The number of hydrogen-bond acceptors (Lipinski definition) is 3. The fourth-order valence-electron chi connectivity index (χ4n) is 1.73. The third-order valence-corrected chi connectivity index (χ3v) is 2.76. The minimum atomic E-state index is -4.69. The minimum absolute atomic E-state index is 0.0947. The standard InChI is InChI=1S/C14H12F3N3O/c1-2-3-10(8-19)13(21)20-11-5-4-9(7-18)12(6-11)14(15,16)17/h4-6,10H,2-3H2,1H3,(H,20,21). The van der Waals surface area contributed by atoms with Crippen molar-refractivity contribution in [3.05, 3.63) is 29.3 Å². The number of rotatable bonds is 4. The molecule has 110 valence electrons. The molecule has 0 saturated heterocycles. The Balaban J connectivity index is 3.04. The Kier molecular flexibility index (Phi) is 5.31. The van der Waals surface area contributed by atoms with E-state index in [1.165, 1.54) is 12.1 Å². The maximum atomic E-state index is 12.8. The zero-order valence-corrected chi connectivity index (χ0v) is 11.2. The SMILES string of the molecule is CCCC(C#N)C(=O)Nc1ccc(C#N)c(C(F)(F)F)c1. The Hall–Kier alpha value is -2.54. The molecule has 0 aliphatic heterocycles. The van der Waals surface area contributed by atoms with Gasteiger partial charge in [0.25, 0.3) is 0 Å².